The summed E-state index contributed by atoms with van der Waals surface area (Å²) < 4.78 is 18.7. The third-order valence-corrected chi connectivity index (χ3v) is 3.16. The fourth-order valence-electron chi connectivity index (χ4n) is 2.23. The molecule has 0 aliphatic carbocycles. The Morgan fingerprint density at radius 2 is 2.42 bits per heavy atom. The lowest BCUT2D eigenvalue weighted by molar-refractivity contribution is 0.00189. The van der Waals surface area contributed by atoms with Crippen LogP contribution in [0.15, 0.2) is 18.2 Å². The van der Waals surface area contributed by atoms with E-state index in [-0.39, 0.29) is 17.7 Å². The average Bonchev–Trinajstić information content (AvgIpc) is 2.44. The summed E-state index contributed by atoms with van der Waals surface area (Å²) in [5.74, 6) is -0.842. The van der Waals surface area contributed by atoms with Crippen LogP contribution in [0.25, 0.3) is 0 Å². The molecular formula is C14H19FN2O2. The van der Waals surface area contributed by atoms with Crippen LogP contribution in [0.5, 0.6) is 0 Å². The molecule has 1 aliphatic rings. The summed E-state index contributed by atoms with van der Waals surface area (Å²) in [6.07, 6.45) is 2.94. The molecule has 0 bridgehead atoms. The first kappa shape index (κ1) is 13.9. The van der Waals surface area contributed by atoms with E-state index in [1.165, 1.54) is 12.1 Å². The summed E-state index contributed by atoms with van der Waals surface area (Å²) in [5.41, 5.74) is 0.163. The zero-order valence-corrected chi connectivity index (χ0v) is 11.1. The molecule has 104 valence electrons. The third-order valence-electron chi connectivity index (χ3n) is 3.16. The van der Waals surface area contributed by atoms with Crippen molar-refractivity contribution in [2.45, 2.75) is 32.3 Å². The summed E-state index contributed by atoms with van der Waals surface area (Å²) in [5, 5.41) is 0. The number of nitrogens with zero attached hydrogens (tertiary/aromatic N) is 2. The molecule has 1 atom stereocenters. The van der Waals surface area contributed by atoms with Crippen molar-refractivity contribution >= 4 is 5.91 Å². The Balaban J connectivity index is 1.99. The quantitative estimate of drug-likeness (QED) is 0.785. The lowest BCUT2D eigenvalue weighted by atomic mass is 10.1. The van der Waals surface area contributed by atoms with Gasteiger partial charge >= 0.3 is 0 Å². The van der Waals surface area contributed by atoms with Crippen LogP contribution in [0.4, 0.5) is 4.39 Å². The molecule has 2 heterocycles. The number of carbonyl (C=O) groups excluding carboxylic acids is 1. The number of likely N-dealkylation sites (tertiary alicyclic amines) is 1. The number of pyridine rings is 1. The van der Waals surface area contributed by atoms with Crippen molar-refractivity contribution in [3.63, 3.8) is 0 Å². The second-order valence-corrected chi connectivity index (χ2v) is 4.73. The number of ether oxygens (including phenoxy) is 1. The van der Waals surface area contributed by atoms with Gasteiger partial charge in [-0.2, -0.15) is 4.39 Å². The monoisotopic (exact) mass is 266 g/mol. The van der Waals surface area contributed by atoms with Gasteiger partial charge in [0.2, 0.25) is 5.95 Å². The van der Waals surface area contributed by atoms with Crippen molar-refractivity contribution in [3.05, 3.63) is 29.8 Å². The summed E-state index contributed by atoms with van der Waals surface area (Å²) in [6, 6.07) is 4.28. The zero-order chi connectivity index (χ0) is 13.7. The van der Waals surface area contributed by atoms with Gasteiger partial charge in [0.1, 0.15) is 5.69 Å². The number of halogens is 1. The first-order valence-electron chi connectivity index (χ1n) is 6.74. The molecule has 1 saturated heterocycles. The van der Waals surface area contributed by atoms with E-state index < -0.39 is 5.95 Å². The number of hydrogen-bond acceptors (Lipinski definition) is 3. The predicted octanol–water partition coefficient (Wildman–Crippen LogP) is 2.25. The van der Waals surface area contributed by atoms with Gasteiger partial charge in [-0.1, -0.05) is 13.0 Å². The molecule has 5 heteroatoms. The molecule has 0 N–H and O–H groups in total. The van der Waals surface area contributed by atoms with Gasteiger partial charge in [0, 0.05) is 19.7 Å². The van der Waals surface area contributed by atoms with E-state index in [9.17, 15) is 9.18 Å². The van der Waals surface area contributed by atoms with Gasteiger partial charge < -0.3 is 9.64 Å². The summed E-state index contributed by atoms with van der Waals surface area (Å²) in [6.45, 7) is 4.02. The molecule has 0 saturated carbocycles. The fraction of sp³-hybridized carbons (Fsp3) is 0.571. The van der Waals surface area contributed by atoms with E-state index in [1.807, 2.05) is 0 Å². The summed E-state index contributed by atoms with van der Waals surface area (Å²) in [4.78, 5) is 17.5. The SMILES string of the molecule is CCCOC1CCCN(C(=O)c2cccc(F)n2)C1. The first-order valence-corrected chi connectivity index (χ1v) is 6.74. The van der Waals surface area contributed by atoms with E-state index in [1.54, 1.807) is 11.0 Å². The van der Waals surface area contributed by atoms with Gasteiger partial charge in [-0.15, -0.1) is 0 Å². The van der Waals surface area contributed by atoms with Gasteiger partial charge in [0.15, 0.2) is 0 Å². The van der Waals surface area contributed by atoms with Crippen LogP contribution < -0.4 is 0 Å². The van der Waals surface area contributed by atoms with Gasteiger partial charge in [-0.3, -0.25) is 4.79 Å². The Morgan fingerprint density at radius 1 is 1.58 bits per heavy atom. The van der Waals surface area contributed by atoms with Crippen molar-refractivity contribution in [1.82, 2.24) is 9.88 Å². The molecule has 4 nitrogen and oxygen atoms in total. The number of hydrogen-bond donors (Lipinski definition) is 0. The lowest BCUT2D eigenvalue weighted by Crippen LogP contribution is -2.43. The number of aromatic nitrogens is 1. The topological polar surface area (TPSA) is 42.4 Å². The maximum absolute atomic E-state index is 13.0. The van der Waals surface area contributed by atoms with Crippen molar-refractivity contribution in [2.24, 2.45) is 0 Å². The van der Waals surface area contributed by atoms with Crippen LogP contribution in [-0.2, 0) is 4.74 Å². The van der Waals surface area contributed by atoms with E-state index in [2.05, 4.69) is 11.9 Å². The Labute approximate surface area is 112 Å². The maximum Gasteiger partial charge on any atom is 0.272 e. The maximum atomic E-state index is 13.0. The third kappa shape index (κ3) is 3.73. The molecule has 19 heavy (non-hydrogen) atoms. The highest BCUT2D eigenvalue weighted by molar-refractivity contribution is 5.92. The summed E-state index contributed by atoms with van der Waals surface area (Å²) in [7, 11) is 0. The molecule has 2 rings (SSSR count). The van der Waals surface area contributed by atoms with Crippen molar-refractivity contribution in [1.29, 1.82) is 0 Å². The van der Waals surface area contributed by atoms with Gasteiger partial charge in [-0.25, -0.2) is 4.98 Å². The zero-order valence-electron chi connectivity index (χ0n) is 11.1. The predicted molar refractivity (Wildman–Crippen MR) is 69.4 cm³/mol. The molecule has 1 fully saturated rings. The Morgan fingerprint density at radius 3 is 3.16 bits per heavy atom. The van der Waals surface area contributed by atoms with E-state index >= 15 is 0 Å². The van der Waals surface area contributed by atoms with Crippen LogP contribution in [0.3, 0.4) is 0 Å². The van der Waals surface area contributed by atoms with Crippen molar-refractivity contribution < 1.29 is 13.9 Å². The minimum atomic E-state index is -0.623. The molecule has 0 spiro atoms. The molecule has 1 amide bonds. The van der Waals surface area contributed by atoms with Crippen molar-refractivity contribution in [3.8, 4) is 0 Å². The normalized spacial score (nSPS) is 19.5. The number of rotatable bonds is 4. The molecule has 1 unspecified atom stereocenters. The number of amides is 1. The lowest BCUT2D eigenvalue weighted by Gasteiger charge is -2.32. The molecule has 0 radical (unpaired) electrons. The van der Waals surface area contributed by atoms with E-state index in [0.717, 1.165) is 19.3 Å². The Kier molecular flexibility index (Phi) is 4.85. The largest absolute Gasteiger partial charge is 0.376 e. The first-order chi connectivity index (χ1) is 9.20. The average molecular weight is 266 g/mol. The molecular weight excluding hydrogens is 247 g/mol. The molecule has 1 aromatic rings. The minimum Gasteiger partial charge on any atom is -0.376 e. The van der Waals surface area contributed by atoms with Crippen LogP contribution in [0.1, 0.15) is 36.7 Å². The van der Waals surface area contributed by atoms with Crippen molar-refractivity contribution in [2.75, 3.05) is 19.7 Å². The molecule has 1 aromatic heterocycles. The second-order valence-electron chi connectivity index (χ2n) is 4.73. The summed E-state index contributed by atoms with van der Waals surface area (Å²) >= 11 is 0. The Bertz CT molecular complexity index is 439. The van der Waals surface area contributed by atoms with Crippen LogP contribution in [0.2, 0.25) is 0 Å². The minimum absolute atomic E-state index is 0.0891. The highest BCUT2D eigenvalue weighted by Crippen LogP contribution is 2.15. The number of carbonyl (C=O) groups is 1. The van der Waals surface area contributed by atoms with E-state index in [4.69, 9.17) is 4.74 Å². The fourth-order valence-corrected chi connectivity index (χ4v) is 2.23. The Hall–Kier alpha value is -1.49. The van der Waals surface area contributed by atoms with Crippen LogP contribution in [0, 0.1) is 5.95 Å². The van der Waals surface area contributed by atoms with E-state index in [0.29, 0.717) is 19.7 Å². The highest BCUT2D eigenvalue weighted by atomic mass is 19.1. The second kappa shape index (κ2) is 6.61. The van der Waals surface area contributed by atoms with Gasteiger partial charge in [0.25, 0.3) is 5.91 Å². The molecule has 0 aromatic carbocycles. The standard InChI is InChI=1S/C14H19FN2O2/c1-2-9-19-11-5-4-8-17(10-11)14(18)12-6-3-7-13(15)16-12/h3,6-7,11H,2,4-5,8-10H2,1H3. The number of piperidine rings is 1. The van der Waals surface area contributed by atoms with Crippen LogP contribution in [-0.4, -0.2) is 41.6 Å². The van der Waals surface area contributed by atoms with Crippen LogP contribution >= 0.6 is 0 Å². The highest BCUT2D eigenvalue weighted by Gasteiger charge is 2.25. The smallest absolute Gasteiger partial charge is 0.272 e. The van der Waals surface area contributed by atoms with Gasteiger partial charge in [0.05, 0.1) is 6.10 Å². The van der Waals surface area contributed by atoms with Gasteiger partial charge in [-0.05, 0) is 31.4 Å². The molecule has 1 aliphatic heterocycles.